The summed E-state index contributed by atoms with van der Waals surface area (Å²) in [4.78, 5) is 2.35. The van der Waals surface area contributed by atoms with Crippen LogP contribution in [0.5, 0.6) is 0 Å². The van der Waals surface area contributed by atoms with Crippen LogP contribution in [0.3, 0.4) is 0 Å². The van der Waals surface area contributed by atoms with E-state index in [1.807, 2.05) is 6.92 Å². The van der Waals surface area contributed by atoms with Crippen molar-refractivity contribution in [2.75, 3.05) is 18.0 Å². The molecule has 3 heteroatoms. The average molecular weight is 475 g/mol. The molecule has 0 fully saturated rings. The maximum Gasteiger partial charge on any atom is 0.274 e. The number of para-hydroxylation sites is 2. The second-order valence-corrected chi connectivity index (χ2v) is 11.3. The minimum Gasteiger partial charge on any atom is -0.867 e. The summed E-state index contributed by atoms with van der Waals surface area (Å²) in [5.74, 6) is 2.50. The van der Waals surface area contributed by atoms with E-state index in [0.29, 0.717) is 23.7 Å². The van der Waals surface area contributed by atoms with E-state index in [1.54, 1.807) is 0 Å². The lowest BCUT2D eigenvalue weighted by Gasteiger charge is -2.27. The zero-order valence-electron chi connectivity index (χ0n) is 23.7. The summed E-state index contributed by atoms with van der Waals surface area (Å²) in [5, 5.41) is 14.1. The third kappa shape index (κ3) is 5.20. The first-order chi connectivity index (χ1) is 16.5. The van der Waals surface area contributed by atoms with Crippen LogP contribution in [0.15, 0.2) is 47.7 Å². The number of nitrogens with zero attached hydrogens (tertiary/aromatic N) is 2. The Labute approximate surface area is 214 Å². The molecule has 2 aromatic carbocycles. The molecule has 0 atom stereocenters. The standard InChI is InChI=1S/C32H46N2O/c1-11-24(10)31(35)32-33(29-25(20(2)3)14-12-15-26(29)21(4)5)18-19-34(32)30-27(22(6)7)16-13-17-28(30)23(8)9/h12-17,20-23H,11,18-19H2,1-10H3/b31-24-. The van der Waals surface area contributed by atoms with Crippen LogP contribution >= 0.6 is 0 Å². The van der Waals surface area contributed by atoms with Crippen molar-refractivity contribution >= 4 is 17.2 Å². The summed E-state index contributed by atoms with van der Waals surface area (Å²) < 4.78 is 2.35. The van der Waals surface area contributed by atoms with Gasteiger partial charge in [0.05, 0.1) is 0 Å². The monoisotopic (exact) mass is 474 g/mol. The lowest BCUT2D eigenvalue weighted by Crippen LogP contribution is -2.37. The molecule has 2 aromatic rings. The molecule has 1 aliphatic rings. The predicted octanol–water partition coefficient (Wildman–Crippen LogP) is 7.79. The highest BCUT2D eigenvalue weighted by Gasteiger charge is 2.38. The summed E-state index contributed by atoms with van der Waals surface area (Å²) in [6.07, 6.45) is 0.760. The molecule has 35 heavy (non-hydrogen) atoms. The molecule has 0 amide bonds. The molecule has 0 aliphatic carbocycles. The smallest absolute Gasteiger partial charge is 0.274 e. The van der Waals surface area contributed by atoms with Gasteiger partial charge >= 0.3 is 0 Å². The van der Waals surface area contributed by atoms with Crippen LogP contribution in [0.2, 0.25) is 0 Å². The van der Waals surface area contributed by atoms with Gasteiger partial charge in [-0.05, 0) is 42.8 Å². The van der Waals surface area contributed by atoms with Gasteiger partial charge in [-0.1, -0.05) is 104 Å². The summed E-state index contributed by atoms with van der Waals surface area (Å²) in [6.45, 7) is 23.8. The van der Waals surface area contributed by atoms with Crippen LogP contribution in [-0.2, 0) is 0 Å². The molecule has 190 valence electrons. The predicted molar refractivity (Wildman–Crippen MR) is 149 cm³/mol. The fourth-order valence-electron chi connectivity index (χ4n) is 5.24. The van der Waals surface area contributed by atoms with Crippen LogP contribution in [0, 0.1) is 0 Å². The zero-order chi connectivity index (χ0) is 26.0. The number of rotatable bonds is 8. The van der Waals surface area contributed by atoms with E-state index in [9.17, 15) is 5.11 Å². The number of hydrogen-bond acceptors (Lipinski definition) is 2. The number of amidine groups is 1. The first-order valence-electron chi connectivity index (χ1n) is 13.6. The first kappa shape index (κ1) is 27.0. The second kappa shape index (κ2) is 11.0. The Morgan fingerprint density at radius 2 is 1.23 bits per heavy atom. The van der Waals surface area contributed by atoms with Gasteiger partial charge in [0.15, 0.2) is 0 Å². The number of allylic oxidation sites excluding steroid dienone is 1. The van der Waals surface area contributed by atoms with Gasteiger partial charge < -0.3 is 5.11 Å². The maximum atomic E-state index is 14.1. The molecule has 1 heterocycles. The van der Waals surface area contributed by atoms with Crippen LogP contribution < -0.4 is 10.0 Å². The van der Waals surface area contributed by atoms with E-state index in [0.717, 1.165) is 30.9 Å². The SMILES string of the molecule is CC/C(C)=C(\[O-])C1=[N+](c2c(C(C)C)cccc2C(C)C)CCN1c1c(C(C)C)cccc1C(C)C. The molecular formula is C32H46N2O. The summed E-state index contributed by atoms with van der Waals surface area (Å²) >= 11 is 0. The molecule has 0 bridgehead atoms. The molecule has 0 N–H and O–H groups in total. The molecule has 0 saturated heterocycles. The quantitative estimate of drug-likeness (QED) is 0.289. The molecule has 0 aromatic heterocycles. The van der Waals surface area contributed by atoms with Crippen LogP contribution in [0.1, 0.15) is 122 Å². The summed E-state index contributed by atoms with van der Waals surface area (Å²) in [5.41, 5.74) is 8.66. The molecule has 3 rings (SSSR count). The van der Waals surface area contributed by atoms with Crippen molar-refractivity contribution in [2.45, 2.75) is 99.3 Å². The number of anilines is 1. The van der Waals surface area contributed by atoms with E-state index < -0.39 is 0 Å². The normalized spacial score (nSPS) is 15.3. The van der Waals surface area contributed by atoms with Gasteiger partial charge in [0.2, 0.25) is 0 Å². The highest BCUT2D eigenvalue weighted by molar-refractivity contribution is 6.07. The van der Waals surface area contributed by atoms with E-state index in [-0.39, 0.29) is 5.76 Å². The minimum absolute atomic E-state index is 0.173. The average Bonchev–Trinajstić information content (AvgIpc) is 3.25. The fourth-order valence-corrected chi connectivity index (χ4v) is 5.24. The third-order valence-electron chi connectivity index (χ3n) is 7.40. The van der Waals surface area contributed by atoms with Gasteiger partial charge in [-0.3, -0.25) is 0 Å². The summed E-state index contributed by atoms with van der Waals surface area (Å²) in [7, 11) is 0. The molecule has 3 nitrogen and oxygen atoms in total. The first-order valence-corrected chi connectivity index (χ1v) is 13.6. The van der Waals surface area contributed by atoms with E-state index in [4.69, 9.17) is 0 Å². The molecule has 0 unspecified atom stereocenters. The van der Waals surface area contributed by atoms with Crippen LogP contribution in [0.25, 0.3) is 0 Å². The van der Waals surface area contributed by atoms with Gasteiger partial charge in [-0.25, -0.2) is 9.48 Å². The highest BCUT2D eigenvalue weighted by Crippen LogP contribution is 2.40. The van der Waals surface area contributed by atoms with Crippen LogP contribution in [0.4, 0.5) is 11.4 Å². The Kier molecular flexibility index (Phi) is 8.51. The van der Waals surface area contributed by atoms with Gasteiger partial charge in [0, 0.05) is 22.3 Å². The largest absolute Gasteiger partial charge is 0.867 e. The Balaban J connectivity index is 2.45. The van der Waals surface area contributed by atoms with Gasteiger partial charge in [-0.15, -0.1) is 0 Å². The van der Waals surface area contributed by atoms with Crippen molar-refractivity contribution in [3.63, 3.8) is 0 Å². The van der Waals surface area contributed by atoms with E-state index in [1.165, 1.54) is 33.6 Å². The van der Waals surface area contributed by atoms with Crippen molar-refractivity contribution in [3.8, 4) is 0 Å². The fraction of sp³-hybridized carbons (Fsp3) is 0.531. The Morgan fingerprint density at radius 3 is 1.63 bits per heavy atom. The second-order valence-electron chi connectivity index (χ2n) is 11.3. The van der Waals surface area contributed by atoms with Crippen molar-refractivity contribution in [3.05, 3.63) is 70.0 Å². The topological polar surface area (TPSA) is 29.3 Å². The lowest BCUT2D eigenvalue weighted by molar-refractivity contribution is -0.436. The summed E-state index contributed by atoms with van der Waals surface area (Å²) in [6, 6.07) is 13.3. The van der Waals surface area contributed by atoms with Crippen LogP contribution in [-0.4, -0.2) is 23.5 Å². The van der Waals surface area contributed by atoms with E-state index >= 15 is 0 Å². The highest BCUT2D eigenvalue weighted by atomic mass is 16.3. The zero-order valence-corrected chi connectivity index (χ0v) is 23.7. The van der Waals surface area contributed by atoms with Crippen molar-refractivity contribution in [2.24, 2.45) is 0 Å². The maximum absolute atomic E-state index is 14.1. The van der Waals surface area contributed by atoms with E-state index in [2.05, 4.69) is 108 Å². The Bertz CT molecular complexity index is 1070. The Hall–Kier alpha value is -2.55. The Morgan fingerprint density at radius 1 is 0.800 bits per heavy atom. The number of hydrogen-bond donors (Lipinski definition) is 0. The van der Waals surface area contributed by atoms with Crippen molar-refractivity contribution in [1.82, 2.24) is 0 Å². The van der Waals surface area contributed by atoms with Gasteiger partial charge in [-0.2, -0.15) is 0 Å². The van der Waals surface area contributed by atoms with Gasteiger partial charge in [0.25, 0.3) is 5.84 Å². The minimum atomic E-state index is 0.173. The van der Waals surface area contributed by atoms with Crippen molar-refractivity contribution < 1.29 is 9.68 Å². The number of benzene rings is 2. The molecule has 0 spiro atoms. The van der Waals surface area contributed by atoms with Gasteiger partial charge in [0.1, 0.15) is 24.5 Å². The molecule has 0 radical (unpaired) electrons. The third-order valence-corrected chi connectivity index (χ3v) is 7.40. The lowest BCUT2D eigenvalue weighted by atomic mass is 9.91. The molecule has 1 aliphatic heterocycles. The molecular weight excluding hydrogens is 428 g/mol. The molecule has 0 saturated carbocycles. The van der Waals surface area contributed by atoms with Crippen molar-refractivity contribution in [1.29, 1.82) is 0 Å².